The number of aliphatic carboxylic acids is 1. The first-order valence-corrected chi connectivity index (χ1v) is 6.25. The number of carboxylic acid groups (broad SMARTS) is 1. The summed E-state index contributed by atoms with van der Waals surface area (Å²) >= 11 is 0. The van der Waals surface area contributed by atoms with Gasteiger partial charge in [-0.2, -0.15) is 0 Å². The van der Waals surface area contributed by atoms with Crippen LogP contribution in [0.25, 0.3) is 0 Å². The molecule has 0 bridgehead atoms. The van der Waals surface area contributed by atoms with E-state index < -0.39 is 13.2 Å². The lowest BCUT2D eigenvalue weighted by Crippen LogP contribution is -3.00. The first kappa shape index (κ1) is 13.0. The molecule has 0 aliphatic heterocycles. The summed E-state index contributed by atoms with van der Waals surface area (Å²) in [7, 11) is -0.850. The lowest BCUT2D eigenvalue weighted by Gasteiger charge is -2.08. The Hall–Kier alpha value is 0.380. The smallest absolute Gasteiger partial charge is 0.307 e. The van der Waals surface area contributed by atoms with E-state index in [1.54, 1.807) is 0 Å². The van der Waals surface area contributed by atoms with Gasteiger partial charge in [0.1, 0.15) is 0 Å². The third-order valence-electron chi connectivity index (χ3n) is 0.996. The topological polar surface area (TPSA) is 37.3 Å². The molecule has 0 unspecified atom stereocenters. The molecule has 0 radical (unpaired) electrons. The Labute approximate surface area is 73.1 Å². The number of carboxylic acids is 1. The second kappa shape index (κ2) is 5.09. The molecule has 0 aromatic heterocycles. The molecular weight excluding hydrogens is 215 g/mol. The van der Waals surface area contributed by atoms with E-state index in [2.05, 4.69) is 20.0 Å². The molecule has 10 heavy (non-hydrogen) atoms. The SMILES string of the molecule is C[P+](C)(C)CCC(=O)O.[Br-]. The van der Waals surface area contributed by atoms with E-state index in [-0.39, 0.29) is 17.0 Å². The highest BCUT2D eigenvalue weighted by Crippen LogP contribution is 2.46. The van der Waals surface area contributed by atoms with Crippen LogP contribution in [0, 0.1) is 0 Å². The van der Waals surface area contributed by atoms with Crippen molar-refractivity contribution >= 4 is 13.2 Å². The van der Waals surface area contributed by atoms with Crippen LogP contribution in [0.4, 0.5) is 0 Å². The van der Waals surface area contributed by atoms with Gasteiger partial charge in [-0.05, 0) is 0 Å². The molecule has 0 heterocycles. The van der Waals surface area contributed by atoms with Crippen molar-refractivity contribution in [1.29, 1.82) is 0 Å². The zero-order chi connectivity index (χ0) is 7.49. The van der Waals surface area contributed by atoms with Crippen LogP contribution >= 0.6 is 7.26 Å². The summed E-state index contributed by atoms with van der Waals surface area (Å²) in [6.45, 7) is 6.45. The second-order valence-electron chi connectivity index (χ2n) is 3.16. The summed E-state index contributed by atoms with van der Waals surface area (Å²) in [5.74, 6) is -0.676. The van der Waals surface area contributed by atoms with E-state index in [0.29, 0.717) is 6.42 Å². The number of carbonyl (C=O) groups is 1. The summed E-state index contributed by atoms with van der Waals surface area (Å²) in [6, 6.07) is 0. The van der Waals surface area contributed by atoms with Crippen molar-refractivity contribution in [3.8, 4) is 0 Å². The van der Waals surface area contributed by atoms with Gasteiger partial charge in [-0.1, -0.05) is 0 Å². The normalized spacial score (nSPS) is 10.3. The molecule has 0 saturated heterocycles. The van der Waals surface area contributed by atoms with Gasteiger partial charge in [0.15, 0.2) is 0 Å². The molecule has 4 heteroatoms. The van der Waals surface area contributed by atoms with Crippen LogP contribution in [-0.4, -0.2) is 37.2 Å². The third kappa shape index (κ3) is 11.2. The van der Waals surface area contributed by atoms with Crippen molar-refractivity contribution in [2.75, 3.05) is 26.2 Å². The lowest BCUT2D eigenvalue weighted by atomic mass is 10.5. The van der Waals surface area contributed by atoms with Gasteiger partial charge in [-0.25, -0.2) is 0 Å². The molecule has 62 valence electrons. The van der Waals surface area contributed by atoms with Crippen molar-refractivity contribution < 1.29 is 26.9 Å². The van der Waals surface area contributed by atoms with Crippen LogP contribution in [0.5, 0.6) is 0 Å². The maximum atomic E-state index is 10.1. The Morgan fingerprint density at radius 3 is 1.90 bits per heavy atom. The summed E-state index contributed by atoms with van der Waals surface area (Å²) in [4.78, 5) is 10.1. The van der Waals surface area contributed by atoms with Crippen molar-refractivity contribution in [2.45, 2.75) is 6.42 Å². The van der Waals surface area contributed by atoms with E-state index in [1.165, 1.54) is 0 Å². The predicted molar refractivity (Wildman–Crippen MR) is 41.8 cm³/mol. The molecule has 0 aromatic rings. The standard InChI is InChI=1S/C6H13O2P.BrH/c1-9(2,3)5-4-6(7)8;/h4-5H2,1-3H3;1H. The van der Waals surface area contributed by atoms with Gasteiger partial charge in [-0.15, -0.1) is 0 Å². The highest BCUT2D eigenvalue weighted by molar-refractivity contribution is 7.73. The molecule has 0 rings (SSSR count). The zero-order valence-electron chi connectivity index (χ0n) is 6.59. The minimum atomic E-state index is -0.850. The van der Waals surface area contributed by atoms with E-state index >= 15 is 0 Å². The Morgan fingerprint density at radius 2 is 1.80 bits per heavy atom. The zero-order valence-corrected chi connectivity index (χ0v) is 9.08. The molecule has 0 spiro atoms. The molecular formula is C6H14BrO2P. The van der Waals surface area contributed by atoms with Crippen molar-refractivity contribution in [3.05, 3.63) is 0 Å². The molecule has 0 saturated carbocycles. The average molecular weight is 229 g/mol. The summed E-state index contributed by atoms with van der Waals surface area (Å²) in [5, 5.41) is 8.29. The molecule has 2 nitrogen and oxygen atoms in total. The Balaban J connectivity index is 0. The Kier molecular flexibility index (Phi) is 6.61. The van der Waals surface area contributed by atoms with Gasteiger partial charge in [0.25, 0.3) is 0 Å². The predicted octanol–water partition coefficient (Wildman–Crippen LogP) is -1.63. The Morgan fingerprint density at radius 1 is 1.40 bits per heavy atom. The maximum Gasteiger partial charge on any atom is 0.307 e. The van der Waals surface area contributed by atoms with Crippen LogP contribution in [-0.2, 0) is 4.79 Å². The molecule has 1 N–H and O–H groups in total. The highest BCUT2D eigenvalue weighted by atomic mass is 79.9. The summed E-state index contributed by atoms with van der Waals surface area (Å²) in [6.07, 6.45) is 1.19. The van der Waals surface area contributed by atoms with Gasteiger partial charge in [0.2, 0.25) is 0 Å². The van der Waals surface area contributed by atoms with Crippen LogP contribution in [0.15, 0.2) is 0 Å². The fourth-order valence-electron chi connectivity index (χ4n) is 0.431. The van der Waals surface area contributed by atoms with Crippen molar-refractivity contribution in [1.82, 2.24) is 0 Å². The minimum absolute atomic E-state index is 0. The van der Waals surface area contributed by atoms with Gasteiger partial charge in [0.05, 0.1) is 12.6 Å². The summed E-state index contributed by atoms with van der Waals surface area (Å²) in [5.41, 5.74) is 0. The van der Waals surface area contributed by atoms with Gasteiger partial charge in [0, 0.05) is 27.3 Å². The van der Waals surface area contributed by atoms with Gasteiger partial charge >= 0.3 is 5.97 Å². The molecule has 0 atom stereocenters. The lowest BCUT2D eigenvalue weighted by molar-refractivity contribution is -0.136. The summed E-state index contributed by atoms with van der Waals surface area (Å²) < 4.78 is 0. The molecule has 0 aliphatic carbocycles. The first-order valence-electron chi connectivity index (χ1n) is 2.94. The van der Waals surface area contributed by atoms with Gasteiger partial charge in [-0.3, -0.25) is 4.79 Å². The highest BCUT2D eigenvalue weighted by Gasteiger charge is 2.17. The number of hydrogen-bond donors (Lipinski definition) is 1. The largest absolute Gasteiger partial charge is 1.00 e. The van der Waals surface area contributed by atoms with E-state index in [9.17, 15) is 4.79 Å². The monoisotopic (exact) mass is 228 g/mol. The minimum Gasteiger partial charge on any atom is -1.00 e. The van der Waals surface area contributed by atoms with Crippen LogP contribution in [0.2, 0.25) is 0 Å². The molecule has 0 aromatic carbocycles. The van der Waals surface area contributed by atoms with E-state index in [1.807, 2.05) is 0 Å². The van der Waals surface area contributed by atoms with Crippen LogP contribution in [0.3, 0.4) is 0 Å². The quantitative estimate of drug-likeness (QED) is 0.590. The maximum absolute atomic E-state index is 10.1. The Bertz CT molecular complexity index is 109. The van der Waals surface area contributed by atoms with E-state index in [4.69, 9.17) is 5.11 Å². The molecule has 0 fully saturated rings. The van der Waals surface area contributed by atoms with E-state index in [0.717, 1.165) is 6.16 Å². The first-order chi connectivity index (χ1) is 3.92. The third-order valence-corrected chi connectivity index (χ3v) is 2.56. The molecule has 0 amide bonds. The number of rotatable bonds is 3. The fourth-order valence-corrected chi connectivity index (χ4v) is 1.29. The van der Waals surface area contributed by atoms with Gasteiger partial charge < -0.3 is 22.1 Å². The van der Waals surface area contributed by atoms with Crippen LogP contribution < -0.4 is 17.0 Å². The van der Waals surface area contributed by atoms with Crippen molar-refractivity contribution in [2.24, 2.45) is 0 Å². The average Bonchev–Trinajstić information content (AvgIpc) is 1.59. The fraction of sp³-hybridized carbons (Fsp3) is 0.833. The van der Waals surface area contributed by atoms with Crippen molar-refractivity contribution in [3.63, 3.8) is 0 Å². The second-order valence-corrected chi connectivity index (χ2v) is 8.19. The van der Waals surface area contributed by atoms with Crippen LogP contribution in [0.1, 0.15) is 6.42 Å². The number of halogens is 1. The molecule has 0 aliphatic rings. The number of hydrogen-bond acceptors (Lipinski definition) is 1.